The normalized spacial score (nSPS) is 25.8. The summed E-state index contributed by atoms with van der Waals surface area (Å²) in [6.07, 6.45) is 3.83. The predicted molar refractivity (Wildman–Crippen MR) is 94.5 cm³/mol. The number of fused-ring (bicyclic) bond motifs is 1. The van der Waals surface area contributed by atoms with E-state index < -0.39 is 0 Å². The number of carbonyl (C=O) groups excluding carboxylic acids is 1. The summed E-state index contributed by atoms with van der Waals surface area (Å²) in [5.41, 5.74) is 1.76. The summed E-state index contributed by atoms with van der Waals surface area (Å²) in [4.78, 5) is 19.5. The van der Waals surface area contributed by atoms with Crippen molar-refractivity contribution in [2.75, 3.05) is 52.9 Å². The van der Waals surface area contributed by atoms with Gasteiger partial charge in [-0.3, -0.25) is 14.4 Å². The Balaban J connectivity index is 1.33. The van der Waals surface area contributed by atoms with Crippen LogP contribution in [0.3, 0.4) is 0 Å². The highest BCUT2D eigenvalue weighted by atomic mass is 16.5. The van der Waals surface area contributed by atoms with Gasteiger partial charge in [-0.15, -0.1) is 0 Å². The molecule has 1 atom stereocenters. The van der Waals surface area contributed by atoms with E-state index in [-0.39, 0.29) is 5.91 Å². The van der Waals surface area contributed by atoms with Gasteiger partial charge in [0, 0.05) is 59.0 Å². The minimum absolute atomic E-state index is 0.0833. The molecule has 7 heteroatoms. The van der Waals surface area contributed by atoms with Crippen molar-refractivity contribution in [3.05, 3.63) is 17.5 Å². The Bertz CT molecular complexity index is 603. The molecule has 1 aromatic rings. The first-order valence-corrected chi connectivity index (χ1v) is 9.57. The summed E-state index contributed by atoms with van der Waals surface area (Å²) >= 11 is 0. The van der Waals surface area contributed by atoms with E-state index in [0.717, 1.165) is 71.1 Å². The van der Waals surface area contributed by atoms with E-state index in [9.17, 15) is 4.79 Å². The maximum absolute atomic E-state index is 12.8. The molecule has 2 fully saturated rings. The average Bonchev–Trinajstić information content (AvgIpc) is 3.22. The fraction of sp³-hybridized carbons (Fsp3) is 0.778. The minimum atomic E-state index is 0.0833. The van der Waals surface area contributed by atoms with Crippen LogP contribution in [-0.4, -0.2) is 89.4 Å². The van der Waals surface area contributed by atoms with Crippen LogP contribution in [0.15, 0.2) is 6.07 Å². The Hall–Kier alpha value is -1.44. The molecule has 3 aliphatic heterocycles. The Kier molecular flexibility index (Phi) is 5.05. The van der Waals surface area contributed by atoms with Gasteiger partial charge in [0.2, 0.25) is 0 Å². The second kappa shape index (κ2) is 7.43. The number of ether oxygens (including phenoxy) is 1. The molecule has 4 rings (SSSR count). The molecule has 1 amide bonds. The predicted octanol–water partition coefficient (Wildman–Crippen LogP) is 0.655. The topological polar surface area (TPSA) is 53.8 Å². The van der Waals surface area contributed by atoms with Crippen molar-refractivity contribution in [1.29, 1.82) is 0 Å². The van der Waals surface area contributed by atoms with Crippen LogP contribution in [0, 0.1) is 0 Å². The zero-order chi connectivity index (χ0) is 17.2. The number of amides is 1. The fourth-order valence-electron chi connectivity index (χ4n) is 4.10. The Morgan fingerprint density at radius 3 is 2.80 bits per heavy atom. The standard InChI is InChI=1S/C18H29N5O2/c1-20-5-3-6-23-15(13-20)12-17(19-23)18(24)22-9-7-21(8-10-22)14-16-4-2-11-25-16/h12,16H,2-11,13-14H2,1H3. The molecule has 0 bridgehead atoms. The molecular weight excluding hydrogens is 318 g/mol. The minimum Gasteiger partial charge on any atom is -0.377 e. The molecular formula is C18H29N5O2. The van der Waals surface area contributed by atoms with Crippen LogP contribution in [0.5, 0.6) is 0 Å². The number of carbonyl (C=O) groups is 1. The Labute approximate surface area is 149 Å². The monoisotopic (exact) mass is 347 g/mol. The Morgan fingerprint density at radius 1 is 1.20 bits per heavy atom. The number of aromatic nitrogens is 2. The summed E-state index contributed by atoms with van der Waals surface area (Å²) in [5.74, 6) is 0.0833. The third kappa shape index (κ3) is 3.88. The number of piperazine rings is 1. The van der Waals surface area contributed by atoms with Crippen LogP contribution >= 0.6 is 0 Å². The zero-order valence-electron chi connectivity index (χ0n) is 15.2. The molecule has 7 nitrogen and oxygen atoms in total. The van der Waals surface area contributed by atoms with E-state index in [2.05, 4.69) is 21.9 Å². The molecule has 0 spiro atoms. The summed E-state index contributed by atoms with van der Waals surface area (Å²) < 4.78 is 7.74. The van der Waals surface area contributed by atoms with Crippen LogP contribution in [-0.2, 0) is 17.8 Å². The largest absolute Gasteiger partial charge is 0.377 e. The van der Waals surface area contributed by atoms with Gasteiger partial charge >= 0.3 is 0 Å². The number of nitrogens with zero attached hydrogens (tertiary/aromatic N) is 5. The lowest BCUT2D eigenvalue weighted by atomic mass is 10.2. The van der Waals surface area contributed by atoms with Gasteiger partial charge in [-0.1, -0.05) is 0 Å². The van der Waals surface area contributed by atoms with E-state index in [1.165, 1.54) is 12.8 Å². The van der Waals surface area contributed by atoms with Crippen LogP contribution < -0.4 is 0 Å². The highest BCUT2D eigenvalue weighted by Gasteiger charge is 2.27. The SMILES string of the molecule is CN1CCCn2nc(C(=O)N3CCN(CC4CCCO4)CC3)cc2C1. The van der Waals surface area contributed by atoms with E-state index in [4.69, 9.17) is 4.74 Å². The molecule has 0 N–H and O–H groups in total. The first-order chi connectivity index (χ1) is 12.2. The summed E-state index contributed by atoms with van der Waals surface area (Å²) in [5, 5.41) is 4.59. The average molecular weight is 347 g/mol. The van der Waals surface area contributed by atoms with Gasteiger partial charge in [0.15, 0.2) is 5.69 Å². The lowest BCUT2D eigenvalue weighted by Gasteiger charge is -2.35. The van der Waals surface area contributed by atoms with E-state index in [1.807, 2.05) is 15.6 Å². The third-order valence-corrected chi connectivity index (χ3v) is 5.57. The zero-order valence-corrected chi connectivity index (χ0v) is 15.2. The maximum atomic E-state index is 12.8. The highest BCUT2D eigenvalue weighted by molar-refractivity contribution is 5.92. The highest BCUT2D eigenvalue weighted by Crippen LogP contribution is 2.17. The molecule has 1 aromatic heterocycles. The smallest absolute Gasteiger partial charge is 0.274 e. The molecule has 2 saturated heterocycles. The van der Waals surface area contributed by atoms with Crippen molar-refractivity contribution in [1.82, 2.24) is 24.5 Å². The van der Waals surface area contributed by atoms with E-state index in [0.29, 0.717) is 11.8 Å². The van der Waals surface area contributed by atoms with Crippen molar-refractivity contribution >= 4 is 5.91 Å². The van der Waals surface area contributed by atoms with Crippen molar-refractivity contribution in [2.24, 2.45) is 0 Å². The molecule has 0 aliphatic carbocycles. The van der Waals surface area contributed by atoms with Crippen molar-refractivity contribution in [2.45, 2.75) is 38.5 Å². The van der Waals surface area contributed by atoms with Gasteiger partial charge in [0.1, 0.15) is 0 Å². The van der Waals surface area contributed by atoms with Gasteiger partial charge in [0.05, 0.1) is 11.8 Å². The first-order valence-electron chi connectivity index (χ1n) is 9.57. The van der Waals surface area contributed by atoms with Crippen molar-refractivity contribution < 1.29 is 9.53 Å². The second-order valence-corrected chi connectivity index (χ2v) is 7.56. The molecule has 3 aliphatic rings. The molecule has 25 heavy (non-hydrogen) atoms. The van der Waals surface area contributed by atoms with Crippen LogP contribution in [0.2, 0.25) is 0 Å². The van der Waals surface area contributed by atoms with Crippen molar-refractivity contribution in [3.63, 3.8) is 0 Å². The van der Waals surface area contributed by atoms with Gasteiger partial charge in [-0.25, -0.2) is 0 Å². The Morgan fingerprint density at radius 2 is 2.04 bits per heavy atom. The number of hydrogen-bond donors (Lipinski definition) is 0. The second-order valence-electron chi connectivity index (χ2n) is 7.56. The van der Waals surface area contributed by atoms with Crippen LogP contribution in [0.4, 0.5) is 0 Å². The molecule has 138 valence electrons. The van der Waals surface area contributed by atoms with Gasteiger partial charge in [-0.2, -0.15) is 5.10 Å². The van der Waals surface area contributed by atoms with E-state index >= 15 is 0 Å². The van der Waals surface area contributed by atoms with Crippen LogP contribution in [0.25, 0.3) is 0 Å². The van der Waals surface area contributed by atoms with E-state index in [1.54, 1.807) is 0 Å². The maximum Gasteiger partial charge on any atom is 0.274 e. The number of rotatable bonds is 3. The third-order valence-electron chi connectivity index (χ3n) is 5.57. The quantitative estimate of drug-likeness (QED) is 0.804. The fourth-order valence-corrected chi connectivity index (χ4v) is 4.10. The molecule has 1 unspecified atom stereocenters. The lowest BCUT2D eigenvalue weighted by molar-refractivity contribution is 0.0429. The van der Waals surface area contributed by atoms with Gasteiger partial charge in [0.25, 0.3) is 5.91 Å². The molecule has 0 saturated carbocycles. The number of hydrogen-bond acceptors (Lipinski definition) is 5. The summed E-state index contributed by atoms with van der Waals surface area (Å²) in [6.45, 7) is 8.21. The molecule has 4 heterocycles. The van der Waals surface area contributed by atoms with Crippen LogP contribution in [0.1, 0.15) is 35.4 Å². The van der Waals surface area contributed by atoms with Gasteiger partial charge in [-0.05, 0) is 32.4 Å². The van der Waals surface area contributed by atoms with Crippen molar-refractivity contribution in [3.8, 4) is 0 Å². The summed E-state index contributed by atoms with van der Waals surface area (Å²) in [7, 11) is 2.12. The first kappa shape index (κ1) is 17.0. The molecule has 0 radical (unpaired) electrons. The summed E-state index contributed by atoms with van der Waals surface area (Å²) in [6, 6.07) is 1.99. The van der Waals surface area contributed by atoms with Gasteiger partial charge < -0.3 is 14.5 Å². The lowest BCUT2D eigenvalue weighted by Crippen LogP contribution is -2.50. The molecule has 0 aromatic carbocycles. The number of aryl methyl sites for hydroxylation is 1.